The highest BCUT2D eigenvalue weighted by atomic mass is 32.1. The Labute approximate surface area is 160 Å². The predicted molar refractivity (Wildman–Crippen MR) is 109 cm³/mol. The zero-order valence-corrected chi connectivity index (χ0v) is 16.6. The van der Waals surface area contributed by atoms with Gasteiger partial charge in [0.2, 0.25) is 5.91 Å². The molecule has 1 amide bonds. The minimum absolute atomic E-state index is 0.0561. The largest absolute Gasteiger partial charge is 0.354 e. The lowest BCUT2D eigenvalue weighted by molar-refractivity contribution is -0.126. The van der Waals surface area contributed by atoms with Gasteiger partial charge in [0.05, 0.1) is 6.04 Å². The fourth-order valence-electron chi connectivity index (χ4n) is 3.45. The molecule has 0 saturated carbocycles. The van der Waals surface area contributed by atoms with E-state index in [0.29, 0.717) is 0 Å². The summed E-state index contributed by atoms with van der Waals surface area (Å²) in [7, 11) is 0. The molecule has 1 atom stereocenters. The average Bonchev–Trinajstić information content (AvgIpc) is 3.15. The fraction of sp³-hybridized carbons (Fsp3) is 0.476. The molecule has 4 nitrogen and oxygen atoms in total. The molecule has 2 heterocycles. The Morgan fingerprint density at radius 1 is 1.19 bits per heavy atom. The van der Waals surface area contributed by atoms with E-state index in [1.807, 2.05) is 6.92 Å². The van der Waals surface area contributed by atoms with Crippen LogP contribution < -0.4 is 5.32 Å². The van der Waals surface area contributed by atoms with E-state index in [-0.39, 0.29) is 11.9 Å². The summed E-state index contributed by atoms with van der Waals surface area (Å²) in [5.74, 6) is 0.147. The van der Waals surface area contributed by atoms with Gasteiger partial charge in [-0.2, -0.15) is 0 Å². The van der Waals surface area contributed by atoms with Crippen molar-refractivity contribution in [1.29, 1.82) is 0 Å². The summed E-state index contributed by atoms with van der Waals surface area (Å²) in [5.41, 5.74) is 2.69. The molecular formula is C21H29N3OS. The molecule has 5 heteroatoms. The van der Waals surface area contributed by atoms with E-state index in [0.717, 1.165) is 45.7 Å². The predicted octanol–water partition coefficient (Wildman–Crippen LogP) is 2.92. The van der Waals surface area contributed by atoms with Crippen LogP contribution in [0.15, 0.2) is 41.8 Å². The number of piperazine rings is 1. The van der Waals surface area contributed by atoms with Gasteiger partial charge in [0.1, 0.15) is 0 Å². The molecule has 0 radical (unpaired) electrons. The molecular weight excluding hydrogens is 342 g/mol. The van der Waals surface area contributed by atoms with E-state index in [1.54, 1.807) is 11.3 Å². The first kappa shape index (κ1) is 19.1. The third kappa shape index (κ3) is 5.40. The van der Waals surface area contributed by atoms with Crippen molar-refractivity contribution in [3.8, 4) is 0 Å². The topological polar surface area (TPSA) is 35.6 Å². The molecule has 3 rings (SSSR count). The second kappa shape index (κ2) is 9.31. The van der Waals surface area contributed by atoms with Crippen molar-refractivity contribution in [1.82, 2.24) is 15.1 Å². The molecule has 0 aliphatic carbocycles. The van der Waals surface area contributed by atoms with Crippen molar-refractivity contribution in [3.63, 3.8) is 0 Å². The number of aryl methyl sites for hydroxylation is 1. The average molecular weight is 372 g/mol. The Kier molecular flexibility index (Phi) is 6.83. The number of benzene rings is 1. The van der Waals surface area contributed by atoms with Gasteiger partial charge in [-0.15, -0.1) is 11.3 Å². The maximum atomic E-state index is 12.4. The molecule has 1 aliphatic rings. The van der Waals surface area contributed by atoms with Crippen LogP contribution in [0.4, 0.5) is 0 Å². The standard InChI is InChI=1S/C21H29N3OS/c1-17-5-3-6-19(15-17)16-23-10-12-24(13-11-23)18(2)21(25)22-9-8-20-7-4-14-26-20/h3-7,14-15,18H,8-13,16H2,1-2H3,(H,22,25)/t18-/m1/s1. The van der Waals surface area contributed by atoms with Crippen molar-refractivity contribution < 1.29 is 4.79 Å². The number of nitrogens with zero attached hydrogens (tertiary/aromatic N) is 2. The van der Waals surface area contributed by atoms with Crippen LogP contribution in [0.2, 0.25) is 0 Å². The second-order valence-electron chi connectivity index (χ2n) is 7.10. The van der Waals surface area contributed by atoms with Crippen LogP contribution >= 0.6 is 11.3 Å². The Morgan fingerprint density at radius 3 is 2.69 bits per heavy atom. The molecule has 1 fully saturated rings. The van der Waals surface area contributed by atoms with Crippen LogP contribution in [-0.4, -0.2) is 54.5 Å². The lowest BCUT2D eigenvalue weighted by Crippen LogP contribution is -2.53. The first-order valence-electron chi connectivity index (χ1n) is 9.44. The van der Waals surface area contributed by atoms with Crippen molar-refractivity contribution in [2.45, 2.75) is 32.9 Å². The molecule has 1 N–H and O–H groups in total. The van der Waals surface area contributed by atoms with E-state index in [9.17, 15) is 4.79 Å². The zero-order chi connectivity index (χ0) is 18.4. The summed E-state index contributed by atoms with van der Waals surface area (Å²) in [5, 5.41) is 5.17. The molecule has 0 spiro atoms. The summed E-state index contributed by atoms with van der Waals surface area (Å²) in [6, 6.07) is 12.8. The third-order valence-corrected chi connectivity index (χ3v) is 6.01. The first-order chi connectivity index (χ1) is 12.6. The van der Waals surface area contributed by atoms with Crippen molar-refractivity contribution in [3.05, 3.63) is 57.8 Å². The minimum atomic E-state index is -0.0561. The van der Waals surface area contributed by atoms with E-state index in [2.05, 4.69) is 63.8 Å². The SMILES string of the molecule is Cc1cccc(CN2CCN([C@H](C)C(=O)NCCc3cccs3)CC2)c1. The van der Waals surface area contributed by atoms with E-state index >= 15 is 0 Å². The van der Waals surface area contributed by atoms with E-state index < -0.39 is 0 Å². The Bertz CT molecular complexity index is 693. The van der Waals surface area contributed by atoms with Crippen LogP contribution in [0.3, 0.4) is 0 Å². The minimum Gasteiger partial charge on any atom is -0.354 e. The molecule has 26 heavy (non-hydrogen) atoms. The number of carbonyl (C=O) groups is 1. The van der Waals surface area contributed by atoms with Gasteiger partial charge < -0.3 is 5.32 Å². The van der Waals surface area contributed by atoms with Gasteiger partial charge in [-0.05, 0) is 37.3 Å². The van der Waals surface area contributed by atoms with Crippen LogP contribution in [0, 0.1) is 6.92 Å². The molecule has 1 aromatic heterocycles. The maximum absolute atomic E-state index is 12.4. The van der Waals surface area contributed by atoms with Crippen LogP contribution in [-0.2, 0) is 17.8 Å². The number of amides is 1. The van der Waals surface area contributed by atoms with Gasteiger partial charge in [-0.25, -0.2) is 0 Å². The molecule has 140 valence electrons. The fourth-order valence-corrected chi connectivity index (χ4v) is 4.16. The van der Waals surface area contributed by atoms with Crippen molar-refractivity contribution in [2.75, 3.05) is 32.7 Å². The van der Waals surface area contributed by atoms with Crippen molar-refractivity contribution >= 4 is 17.2 Å². The molecule has 2 aromatic rings. The van der Waals surface area contributed by atoms with Gasteiger partial charge in [0.15, 0.2) is 0 Å². The van der Waals surface area contributed by atoms with Gasteiger partial charge in [-0.3, -0.25) is 14.6 Å². The van der Waals surface area contributed by atoms with Gasteiger partial charge >= 0.3 is 0 Å². The Hall–Kier alpha value is -1.69. The van der Waals surface area contributed by atoms with Crippen LogP contribution in [0.25, 0.3) is 0 Å². The Morgan fingerprint density at radius 2 is 2.00 bits per heavy atom. The number of thiophene rings is 1. The third-order valence-electron chi connectivity index (χ3n) is 5.07. The van der Waals surface area contributed by atoms with Crippen LogP contribution in [0.1, 0.15) is 22.9 Å². The molecule has 1 saturated heterocycles. The number of hydrogen-bond acceptors (Lipinski definition) is 4. The van der Waals surface area contributed by atoms with Gasteiger partial charge in [-0.1, -0.05) is 35.9 Å². The highest BCUT2D eigenvalue weighted by Gasteiger charge is 2.25. The van der Waals surface area contributed by atoms with Gasteiger partial charge in [0.25, 0.3) is 0 Å². The van der Waals surface area contributed by atoms with Crippen molar-refractivity contribution in [2.24, 2.45) is 0 Å². The molecule has 0 unspecified atom stereocenters. The van der Waals surface area contributed by atoms with Crippen LogP contribution in [0.5, 0.6) is 0 Å². The summed E-state index contributed by atoms with van der Waals surface area (Å²) < 4.78 is 0. The smallest absolute Gasteiger partial charge is 0.237 e. The first-order valence-corrected chi connectivity index (χ1v) is 10.3. The highest BCUT2D eigenvalue weighted by molar-refractivity contribution is 7.09. The zero-order valence-electron chi connectivity index (χ0n) is 15.8. The van der Waals surface area contributed by atoms with E-state index in [1.165, 1.54) is 16.0 Å². The normalized spacial score (nSPS) is 17.2. The maximum Gasteiger partial charge on any atom is 0.237 e. The number of rotatable bonds is 7. The number of nitrogens with one attached hydrogen (secondary N) is 1. The number of hydrogen-bond donors (Lipinski definition) is 1. The summed E-state index contributed by atoms with van der Waals surface area (Å²) in [6.45, 7) is 9.81. The lowest BCUT2D eigenvalue weighted by atomic mass is 10.1. The van der Waals surface area contributed by atoms with E-state index in [4.69, 9.17) is 0 Å². The summed E-state index contributed by atoms with van der Waals surface area (Å²) in [4.78, 5) is 18.5. The summed E-state index contributed by atoms with van der Waals surface area (Å²) >= 11 is 1.75. The lowest BCUT2D eigenvalue weighted by Gasteiger charge is -2.37. The molecule has 1 aliphatic heterocycles. The molecule has 1 aromatic carbocycles. The summed E-state index contributed by atoms with van der Waals surface area (Å²) in [6.07, 6.45) is 0.917. The Balaban J connectivity index is 1.39. The quantitative estimate of drug-likeness (QED) is 0.813. The van der Waals surface area contributed by atoms with Gasteiger partial charge in [0, 0.05) is 44.1 Å². The second-order valence-corrected chi connectivity index (χ2v) is 8.13. The highest BCUT2D eigenvalue weighted by Crippen LogP contribution is 2.12. The number of carbonyl (C=O) groups excluding carboxylic acids is 1. The molecule has 0 bridgehead atoms. The monoisotopic (exact) mass is 371 g/mol.